The van der Waals surface area contributed by atoms with Crippen molar-refractivity contribution in [2.75, 3.05) is 20.6 Å². The van der Waals surface area contributed by atoms with Gasteiger partial charge < -0.3 is 10.2 Å². The van der Waals surface area contributed by atoms with E-state index >= 15 is 0 Å². The Balaban J connectivity index is 1.90. The smallest absolute Gasteiger partial charge is 0.193 e. The normalized spacial score (nSPS) is 11.5. The van der Waals surface area contributed by atoms with Crippen molar-refractivity contribution in [1.82, 2.24) is 15.2 Å². The molecule has 0 bridgehead atoms. The van der Waals surface area contributed by atoms with Gasteiger partial charge in [-0.2, -0.15) is 0 Å². The quantitative estimate of drug-likeness (QED) is 0.681. The molecule has 1 N–H and O–H groups in total. The van der Waals surface area contributed by atoms with Crippen molar-refractivity contribution in [2.24, 2.45) is 4.99 Å². The summed E-state index contributed by atoms with van der Waals surface area (Å²) in [6, 6.07) is 10.3. The van der Waals surface area contributed by atoms with Crippen LogP contribution in [-0.2, 0) is 13.0 Å². The lowest BCUT2D eigenvalue weighted by Gasteiger charge is -2.17. The number of hydrogen-bond acceptors (Lipinski definition) is 3. The van der Waals surface area contributed by atoms with E-state index < -0.39 is 0 Å². The van der Waals surface area contributed by atoms with Crippen LogP contribution >= 0.6 is 11.3 Å². The van der Waals surface area contributed by atoms with Crippen LogP contribution in [0, 0.1) is 13.8 Å². The number of nitrogens with zero attached hydrogens (tertiary/aromatic N) is 3. The number of guanidine groups is 1. The van der Waals surface area contributed by atoms with Crippen LogP contribution < -0.4 is 5.32 Å². The zero-order valence-corrected chi connectivity index (χ0v) is 14.6. The average Bonchev–Trinajstić information content (AvgIpc) is 2.81. The van der Waals surface area contributed by atoms with Crippen molar-refractivity contribution >= 4 is 17.3 Å². The zero-order valence-electron chi connectivity index (χ0n) is 13.8. The Morgan fingerprint density at radius 2 is 1.95 bits per heavy atom. The van der Waals surface area contributed by atoms with Gasteiger partial charge in [0.25, 0.3) is 0 Å². The van der Waals surface area contributed by atoms with Crippen molar-refractivity contribution in [3.8, 4) is 0 Å². The van der Waals surface area contributed by atoms with E-state index in [0.29, 0.717) is 6.54 Å². The van der Waals surface area contributed by atoms with E-state index in [1.54, 1.807) is 11.3 Å². The van der Waals surface area contributed by atoms with Gasteiger partial charge in [0, 0.05) is 31.9 Å². The fourth-order valence-electron chi connectivity index (χ4n) is 2.20. The van der Waals surface area contributed by atoms with Crippen molar-refractivity contribution in [3.05, 3.63) is 51.5 Å². The summed E-state index contributed by atoms with van der Waals surface area (Å²) < 4.78 is 0. The van der Waals surface area contributed by atoms with Gasteiger partial charge in [-0.3, -0.25) is 0 Å². The first kappa shape index (κ1) is 16.5. The number of aromatic nitrogens is 1. The highest BCUT2D eigenvalue weighted by Gasteiger charge is 2.06. The van der Waals surface area contributed by atoms with E-state index in [2.05, 4.69) is 41.3 Å². The molecule has 0 amide bonds. The van der Waals surface area contributed by atoms with Gasteiger partial charge in [0.2, 0.25) is 0 Å². The van der Waals surface area contributed by atoms with Crippen LogP contribution in [0.2, 0.25) is 0 Å². The Morgan fingerprint density at radius 1 is 1.23 bits per heavy atom. The van der Waals surface area contributed by atoms with Crippen molar-refractivity contribution in [2.45, 2.75) is 26.8 Å². The van der Waals surface area contributed by atoms with Crippen LogP contribution in [0.4, 0.5) is 0 Å². The first-order valence-corrected chi connectivity index (χ1v) is 8.30. The molecule has 1 heterocycles. The maximum Gasteiger partial charge on any atom is 0.193 e. The number of nitrogens with one attached hydrogen (secondary N) is 1. The molecule has 0 aliphatic carbocycles. The number of aryl methyl sites for hydroxylation is 2. The Kier molecular flexibility index (Phi) is 5.95. The summed E-state index contributed by atoms with van der Waals surface area (Å²) in [5.41, 5.74) is 2.37. The lowest BCUT2D eigenvalue weighted by atomic mass is 10.2. The van der Waals surface area contributed by atoms with Crippen molar-refractivity contribution < 1.29 is 0 Å². The first-order valence-electron chi connectivity index (χ1n) is 7.48. The molecule has 0 aliphatic rings. The Hall–Kier alpha value is -1.88. The van der Waals surface area contributed by atoms with Gasteiger partial charge in [-0.15, -0.1) is 11.3 Å². The molecule has 118 valence electrons. The molecule has 0 saturated heterocycles. The van der Waals surface area contributed by atoms with Gasteiger partial charge >= 0.3 is 0 Å². The molecule has 0 aliphatic heterocycles. The van der Waals surface area contributed by atoms with Crippen molar-refractivity contribution in [1.29, 1.82) is 0 Å². The molecule has 4 nitrogen and oxygen atoms in total. The van der Waals surface area contributed by atoms with Crippen LogP contribution in [0.5, 0.6) is 0 Å². The van der Waals surface area contributed by atoms with E-state index in [4.69, 9.17) is 0 Å². The fourth-order valence-corrected chi connectivity index (χ4v) is 3.13. The second-order valence-corrected chi connectivity index (χ2v) is 6.73. The fraction of sp³-hybridized carbons (Fsp3) is 0.412. The van der Waals surface area contributed by atoms with Gasteiger partial charge in [0.1, 0.15) is 0 Å². The summed E-state index contributed by atoms with van der Waals surface area (Å²) >= 11 is 1.78. The summed E-state index contributed by atoms with van der Waals surface area (Å²) in [6.07, 6.45) is 0.982. The third-order valence-corrected chi connectivity index (χ3v) is 4.45. The van der Waals surface area contributed by atoms with E-state index in [1.165, 1.54) is 10.4 Å². The monoisotopic (exact) mass is 316 g/mol. The van der Waals surface area contributed by atoms with Gasteiger partial charge in [0.05, 0.1) is 17.2 Å². The summed E-state index contributed by atoms with van der Waals surface area (Å²) in [4.78, 5) is 12.5. The number of aliphatic imine (C=N–C) groups is 1. The molecule has 0 unspecified atom stereocenters. The highest BCUT2D eigenvalue weighted by Crippen LogP contribution is 2.17. The standard InChI is InChI=1S/C17H24N4S/c1-13-16(22-14(2)20-13)10-11-18-17(21(3)4)19-12-15-8-6-5-7-9-15/h5-9H,10-12H2,1-4H3,(H,18,19). The van der Waals surface area contributed by atoms with Crippen LogP contribution in [0.3, 0.4) is 0 Å². The lowest BCUT2D eigenvalue weighted by Crippen LogP contribution is -2.37. The Morgan fingerprint density at radius 3 is 2.55 bits per heavy atom. The molecule has 1 aromatic carbocycles. The van der Waals surface area contributed by atoms with Crippen LogP contribution in [0.1, 0.15) is 21.1 Å². The topological polar surface area (TPSA) is 40.5 Å². The van der Waals surface area contributed by atoms with Crippen LogP contribution in [0.15, 0.2) is 35.3 Å². The molecule has 2 rings (SSSR count). The molecule has 0 saturated carbocycles. The average molecular weight is 316 g/mol. The summed E-state index contributed by atoms with van der Waals surface area (Å²) in [5.74, 6) is 0.919. The highest BCUT2D eigenvalue weighted by atomic mass is 32.1. The molecule has 22 heavy (non-hydrogen) atoms. The minimum absolute atomic E-state index is 0.694. The summed E-state index contributed by atoms with van der Waals surface area (Å²) in [5, 5.41) is 4.57. The predicted molar refractivity (Wildman–Crippen MR) is 94.6 cm³/mol. The molecule has 1 aromatic heterocycles. The minimum Gasteiger partial charge on any atom is -0.356 e. The molecule has 0 spiro atoms. The second-order valence-electron chi connectivity index (χ2n) is 5.44. The first-order chi connectivity index (χ1) is 10.6. The molecule has 0 radical (unpaired) electrons. The van der Waals surface area contributed by atoms with Crippen molar-refractivity contribution in [3.63, 3.8) is 0 Å². The number of rotatable bonds is 5. The maximum absolute atomic E-state index is 4.67. The second kappa shape index (κ2) is 7.94. The highest BCUT2D eigenvalue weighted by molar-refractivity contribution is 7.11. The number of thiazole rings is 1. The molecule has 0 fully saturated rings. The maximum atomic E-state index is 4.67. The van der Waals surface area contributed by atoms with Gasteiger partial charge in [-0.25, -0.2) is 9.98 Å². The van der Waals surface area contributed by atoms with E-state index in [9.17, 15) is 0 Å². The zero-order chi connectivity index (χ0) is 15.9. The Labute approximate surface area is 136 Å². The minimum atomic E-state index is 0.694. The molecular weight excluding hydrogens is 292 g/mol. The van der Waals surface area contributed by atoms with Gasteiger partial charge in [0.15, 0.2) is 5.96 Å². The van der Waals surface area contributed by atoms with E-state index in [-0.39, 0.29) is 0 Å². The number of hydrogen-bond donors (Lipinski definition) is 1. The van der Waals surface area contributed by atoms with Gasteiger partial charge in [-0.1, -0.05) is 30.3 Å². The van der Waals surface area contributed by atoms with Crippen LogP contribution in [0.25, 0.3) is 0 Å². The third kappa shape index (κ3) is 4.84. The van der Waals surface area contributed by atoms with E-state index in [0.717, 1.165) is 29.6 Å². The predicted octanol–water partition coefficient (Wildman–Crippen LogP) is 3.01. The Bertz CT molecular complexity index is 617. The van der Waals surface area contributed by atoms with E-state index in [1.807, 2.05) is 37.2 Å². The summed E-state index contributed by atoms with van der Waals surface area (Å²) in [7, 11) is 4.03. The van der Waals surface area contributed by atoms with Crippen LogP contribution in [-0.4, -0.2) is 36.5 Å². The molecule has 0 atom stereocenters. The SMILES string of the molecule is Cc1nc(C)c(CCNC(=NCc2ccccc2)N(C)C)s1. The summed E-state index contributed by atoms with van der Waals surface area (Å²) in [6.45, 7) is 5.70. The molecular formula is C17H24N4S. The molecule has 2 aromatic rings. The number of benzene rings is 1. The molecule has 5 heteroatoms. The largest absolute Gasteiger partial charge is 0.356 e. The van der Waals surface area contributed by atoms with Gasteiger partial charge in [-0.05, 0) is 19.4 Å². The third-order valence-electron chi connectivity index (χ3n) is 3.31. The lowest BCUT2D eigenvalue weighted by molar-refractivity contribution is 0.579.